The summed E-state index contributed by atoms with van der Waals surface area (Å²) in [5.74, 6) is -0.235. The Bertz CT molecular complexity index is 337. The lowest BCUT2D eigenvalue weighted by atomic mass is 10.2. The largest absolute Gasteiger partial charge is 0.461 e. The molecule has 0 aliphatic rings. The van der Waals surface area contributed by atoms with Gasteiger partial charge in [-0.3, -0.25) is 4.79 Å². The van der Waals surface area contributed by atoms with Crippen molar-refractivity contribution < 1.29 is 9.53 Å². The summed E-state index contributed by atoms with van der Waals surface area (Å²) in [6, 6.07) is 5.13. The molecule has 4 nitrogen and oxygen atoms in total. The summed E-state index contributed by atoms with van der Waals surface area (Å²) in [6.45, 7) is 1.95. The summed E-state index contributed by atoms with van der Waals surface area (Å²) < 4.78 is 4.94. The second-order valence-electron chi connectivity index (χ2n) is 2.97. The molecule has 0 aromatic heterocycles. The van der Waals surface area contributed by atoms with Crippen LogP contribution in [-0.2, 0) is 16.1 Å². The number of hydrogen-bond acceptors (Lipinski definition) is 4. The van der Waals surface area contributed by atoms with Crippen molar-refractivity contribution in [1.82, 2.24) is 0 Å². The monoisotopic (exact) mass is 194 g/mol. The number of carbonyl (C=O) groups is 1. The summed E-state index contributed by atoms with van der Waals surface area (Å²) in [4.78, 5) is 10.9. The highest BCUT2D eigenvalue weighted by Gasteiger charge is 2.03. The molecule has 1 aromatic rings. The SMILES string of the molecule is CCC(=O)OCc1ccc(N)cc1N. The van der Waals surface area contributed by atoms with E-state index in [9.17, 15) is 4.79 Å². The van der Waals surface area contributed by atoms with Crippen molar-refractivity contribution in [3.8, 4) is 0 Å². The molecule has 0 fully saturated rings. The summed E-state index contributed by atoms with van der Waals surface area (Å²) in [6.07, 6.45) is 0.370. The van der Waals surface area contributed by atoms with Gasteiger partial charge in [-0.15, -0.1) is 0 Å². The molecule has 0 atom stereocenters. The van der Waals surface area contributed by atoms with Gasteiger partial charge in [-0.25, -0.2) is 0 Å². The first-order valence-electron chi connectivity index (χ1n) is 4.43. The number of anilines is 2. The Kier molecular flexibility index (Phi) is 3.34. The first-order chi connectivity index (χ1) is 6.63. The molecule has 4 N–H and O–H groups in total. The minimum Gasteiger partial charge on any atom is -0.461 e. The molecule has 0 bridgehead atoms. The van der Waals surface area contributed by atoms with Crippen LogP contribution in [0.2, 0.25) is 0 Å². The normalized spacial score (nSPS) is 9.79. The van der Waals surface area contributed by atoms with Crippen LogP contribution < -0.4 is 11.5 Å². The van der Waals surface area contributed by atoms with E-state index in [0.29, 0.717) is 17.8 Å². The van der Waals surface area contributed by atoms with Crippen molar-refractivity contribution in [1.29, 1.82) is 0 Å². The van der Waals surface area contributed by atoms with Crippen molar-refractivity contribution in [2.24, 2.45) is 0 Å². The van der Waals surface area contributed by atoms with Crippen LogP contribution in [0.5, 0.6) is 0 Å². The number of hydrogen-bond donors (Lipinski definition) is 2. The van der Waals surface area contributed by atoms with E-state index in [2.05, 4.69) is 0 Å². The zero-order chi connectivity index (χ0) is 10.6. The maximum atomic E-state index is 10.9. The average Bonchev–Trinajstić information content (AvgIpc) is 2.16. The molecule has 1 rings (SSSR count). The van der Waals surface area contributed by atoms with E-state index >= 15 is 0 Å². The molecular weight excluding hydrogens is 180 g/mol. The summed E-state index contributed by atoms with van der Waals surface area (Å²) in [5, 5.41) is 0. The van der Waals surface area contributed by atoms with Crippen LogP contribution in [0.1, 0.15) is 18.9 Å². The summed E-state index contributed by atoms with van der Waals surface area (Å²) in [5.41, 5.74) is 13.1. The van der Waals surface area contributed by atoms with Gasteiger partial charge in [-0.1, -0.05) is 13.0 Å². The standard InChI is InChI=1S/C10H14N2O2/c1-2-10(13)14-6-7-3-4-8(11)5-9(7)12/h3-5H,2,6,11-12H2,1H3. The Hall–Kier alpha value is -1.71. The lowest BCUT2D eigenvalue weighted by Crippen LogP contribution is -2.04. The van der Waals surface area contributed by atoms with Crippen LogP contribution in [0, 0.1) is 0 Å². The van der Waals surface area contributed by atoms with Crippen LogP contribution in [-0.4, -0.2) is 5.97 Å². The van der Waals surface area contributed by atoms with Gasteiger partial charge in [0.2, 0.25) is 0 Å². The van der Waals surface area contributed by atoms with Crippen molar-refractivity contribution in [2.75, 3.05) is 11.5 Å². The molecule has 0 saturated carbocycles. The molecule has 14 heavy (non-hydrogen) atoms. The maximum Gasteiger partial charge on any atom is 0.305 e. The Labute approximate surface area is 82.8 Å². The van der Waals surface area contributed by atoms with Gasteiger partial charge < -0.3 is 16.2 Å². The highest BCUT2D eigenvalue weighted by atomic mass is 16.5. The number of benzene rings is 1. The van der Waals surface area contributed by atoms with Crippen LogP contribution in [0.3, 0.4) is 0 Å². The van der Waals surface area contributed by atoms with E-state index in [4.69, 9.17) is 16.2 Å². The highest BCUT2D eigenvalue weighted by Crippen LogP contribution is 2.16. The van der Waals surface area contributed by atoms with Gasteiger partial charge in [0.15, 0.2) is 0 Å². The predicted molar refractivity (Wildman–Crippen MR) is 55.4 cm³/mol. The number of nitrogens with two attached hydrogens (primary N) is 2. The van der Waals surface area contributed by atoms with E-state index in [0.717, 1.165) is 5.56 Å². The van der Waals surface area contributed by atoms with Crippen molar-refractivity contribution >= 4 is 17.3 Å². The molecule has 0 amide bonds. The Morgan fingerprint density at radius 3 is 2.71 bits per heavy atom. The van der Waals surface area contributed by atoms with Gasteiger partial charge >= 0.3 is 5.97 Å². The fourth-order valence-corrected chi connectivity index (χ4v) is 1.01. The smallest absolute Gasteiger partial charge is 0.305 e. The number of nitrogen functional groups attached to an aromatic ring is 2. The summed E-state index contributed by atoms with van der Waals surface area (Å²) in [7, 11) is 0. The van der Waals surface area contributed by atoms with Gasteiger partial charge in [0.1, 0.15) is 6.61 Å². The third-order valence-electron chi connectivity index (χ3n) is 1.85. The van der Waals surface area contributed by atoms with Gasteiger partial charge in [-0.2, -0.15) is 0 Å². The van der Waals surface area contributed by atoms with Crippen molar-refractivity contribution in [2.45, 2.75) is 20.0 Å². The Morgan fingerprint density at radius 1 is 1.43 bits per heavy atom. The van der Waals surface area contributed by atoms with E-state index in [1.54, 1.807) is 25.1 Å². The molecule has 0 radical (unpaired) electrons. The van der Waals surface area contributed by atoms with Crippen molar-refractivity contribution in [3.63, 3.8) is 0 Å². The number of ether oxygens (including phenoxy) is 1. The molecular formula is C10H14N2O2. The quantitative estimate of drug-likeness (QED) is 0.561. The van der Waals surface area contributed by atoms with Gasteiger partial charge in [-0.05, 0) is 12.1 Å². The number of esters is 1. The average molecular weight is 194 g/mol. The number of carbonyl (C=O) groups excluding carboxylic acids is 1. The first-order valence-corrected chi connectivity index (χ1v) is 4.43. The molecule has 0 heterocycles. The summed E-state index contributed by atoms with van der Waals surface area (Å²) >= 11 is 0. The minimum atomic E-state index is -0.235. The second-order valence-corrected chi connectivity index (χ2v) is 2.97. The molecule has 0 aliphatic heterocycles. The third-order valence-corrected chi connectivity index (χ3v) is 1.85. The predicted octanol–water partition coefficient (Wildman–Crippen LogP) is 1.30. The lowest BCUT2D eigenvalue weighted by molar-refractivity contribution is -0.144. The van der Waals surface area contributed by atoms with Crippen LogP contribution in [0.25, 0.3) is 0 Å². The molecule has 4 heteroatoms. The van der Waals surface area contributed by atoms with Gasteiger partial charge in [0, 0.05) is 23.4 Å². The first kappa shape index (κ1) is 10.4. The van der Waals surface area contributed by atoms with Crippen LogP contribution in [0.15, 0.2) is 18.2 Å². The van der Waals surface area contributed by atoms with Gasteiger partial charge in [0.05, 0.1) is 0 Å². The van der Waals surface area contributed by atoms with Crippen molar-refractivity contribution in [3.05, 3.63) is 23.8 Å². The topological polar surface area (TPSA) is 78.3 Å². The zero-order valence-electron chi connectivity index (χ0n) is 8.12. The number of rotatable bonds is 3. The molecule has 0 saturated heterocycles. The van der Waals surface area contributed by atoms with E-state index in [-0.39, 0.29) is 12.6 Å². The van der Waals surface area contributed by atoms with Crippen LogP contribution >= 0.6 is 0 Å². The maximum absolute atomic E-state index is 10.9. The van der Waals surface area contributed by atoms with E-state index < -0.39 is 0 Å². The van der Waals surface area contributed by atoms with Gasteiger partial charge in [0.25, 0.3) is 0 Å². The second kappa shape index (κ2) is 4.50. The fourth-order valence-electron chi connectivity index (χ4n) is 1.01. The highest BCUT2D eigenvalue weighted by molar-refractivity contribution is 5.69. The molecule has 76 valence electrons. The Morgan fingerprint density at radius 2 is 2.14 bits per heavy atom. The third kappa shape index (κ3) is 2.65. The molecule has 0 spiro atoms. The zero-order valence-corrected chi connectivity index (χ0v) is 8.12. The molecule has 1 aromatic carbocycles. The van der Waals surface area contributed by atoms with E-state index in [1.807, 2.05) is 0 Å². The van der Waals surface area contributed by atoms with Crippen LogP contribution in [0.4, 0.5) is 11.4 Å². The Balaban J connectivity index is 2.63. The lowest BCUT2D eigenvalue weighted by Gasteiger charge is -2.06. The molecule has 0 aliphatic carbocycles. The molecule has 0 unspecified atom stereocenters. The minimum absolute atomic E-state index is 0.207. The van der Waals surface area contributed by atoms with E-state index in [1.165, 1.54) is 0 Å². The fraction of sp³-hybridized carbons (Fsp3) is 0.300.